The number of benzene rings is 1. The Bertz CT molecular complexity index is 456. The summed E-state index contributed by atoms with van der Waals surface area (Å²) in [4.78, 5) is 0. The van der Waals surface area contributed by atoms with Crippen LogP contribution in [0.2, 0.25) is 0 Å². The number of fused-ring (bicyclic) bond motifs is 1. The van der Waals surface area contributed by atoms with Crippen molar-refractivity contribution in [2.45, 2.75) is 6.92 Å². The molecule has 0 fully saturated rings. The van der Waals surface area contributed by atoms with E-state index in [0.717, 1.165) is 22.2 Å². The van der Waals surface area contributed by atoms with Crippen LogP contribution in [0, 0.1) is 6.92 Å². The Morgan fingerprint density at radius 2 is 2.38 bits per heavy atom. The maximum Gasteiger partial charge on any atom is 0.0930 e. The molecule has 1 aromatic carbocycles. The predicted octanol–water partition coefficient (Wildman–Crippen LogP) is 1.16. The van der Waals surface area contributed by atoms with Gasteiger partial charge in [-0.1, -0.05) is 12.1 Å². The first-order chi connectivity index (χ1) is 6.31. The third kappa shape index (κ3) is 1.26. The third-order valence-electron chi connectivity index (χ3n) is 1.99. The molecule has 66 valence electrons. The zero-order valence-corrected chi connectivity index (χ0v) is 7.28. The molecule has 0 bridgehead atoms. The van der Waals surface area contributed by atoms with Crippen molar-refractivity contribution >= 4 is 17.1 Å². The average Bonchev–Trinajstić information content (AvgIpc) is 2.48. The zero-order chi connectivity index (χ0) is 9.26. The van der Waals surface area contributed by atoms with Crippen molar-refractivity contribution in [1.29, 1.82) is 0 Å². The van der Waals surface area contributed by atoms with E-state index in [1.54, 1.807) is 6.21 Å². The first-order valence-corrected chi connectivity index (χ1v) is 3.99. The number of aromatic amines is 1. The highest BCUT2D eigenvalue weighted by atomic mass is 15.1. The minimum absolute atomic E-state index is 0.940. The smallest absolute Gasteiger partial charge is 0.0930 e. The maximum atomic E-state index is 5.05. The van der Waals surface area contributed by atoms with E-state index in [2.05, 4.69) is 15.3 Å². The lowest BCUT2D eigenvalue weighted by Crippen LogP contribution is -1.85. The van der Waals surface area contributed by atoms with Gasteiger partial charge in [-0.2, -0.15) is 10.2 Å². The van der Waals surface area contributed by atoms with Gasteiger partial charge in [-0.25, -0.2) is 0 Å². The largest absolute Gasteiger partial charge is 0.323 e. The maximum absolute atomic E-state index is 5.05. The van der Waals surface area contributed by atoms with Gasteiger partial charge in [-0.05, 0) is 18.6 Å². The van der Waals surface area contributed by atoms with E-state index in [4.69, 9.17) is 5.84 Å². The van der Waals surface area contributed by atoms with Crippen molar-refractivity contribution < 1.29 is 0 Å². The van der Waals surface area contributed by atoms with Crippen LogP contribution in [0.4, 0.5) is 0 Å². The van der Waals surface area contributed by atoms with Crippen LogP contribution in [0.5, 0.6) is 0 Å². The molecule has 4 heteroatoms. The molecule has 0 aliphatic carbocycles. The summed E-state index contributed by atoms with van der Waals surface area (Å²) in [6.07, 6.45) is 1.60. The number of H-pyrrole nitrogens is 1. The molecule has 0 spiro atoms. The van der Waals surface area contributed by atoms with E-state index in [9.17, 15) is 0 Å². The van der Waals surface area contributed by atoms with Crippen molar-refractivity contribution in [3.8, 4) is 0 Å². The Morgan fingerprint density at radius 3 is 3.15 bits per heavy atom. The summed E-state index contributed by atoms with van der Waals surface area (Å²) in [5.41, 5.74) is 2.97. The van der Waals surface area contributed by atoms with Gasteiger partial charge in [0.2, 0.25) is 0 Å². The molecule has 0 saturated heterocycles. The predicted molar refractivity (Wildman–Crippen MR) is 52.6 cm³/mol. The first kappa shape index (κ1) is 7.79. The molecular weight excluding hydrogens is 164 g/mol. The van der Waals surface area contributed by atoms with E-state index in [-0.39, 0.29) is 0 Å². The van der Waals surface area contributed by atoms with Gasteiger partial charge in [0.25, 0.3) is 0 Å². The van der Waals surface area contributed by atoms with Crippen molar-refractivity contribution in [3.05, 3.63) is 29.5 Å². The molecule has 3 N–H and O–H groups in total. The fourth-order valence-electron chi connectivity index (χ4n) is 1.33. The van der Waals surface area contributed by atoms with Crippen LogP contribution in [0.25, 0.3) is 10.9 Å². The van der Waals surface area contributed by atoms with Gasteiger partial charge in [0, 0.05) is 11.1 Å². The molecule has 2 rings (SSSR count). The minimum Gasteiger partial charge on any atom is -0.323 e. The topological polar surface area (TPSA) is 67.1 Å². The van der Waals surface area contributed by atoms with Crippen molar-refractivity contribution in [2.24, 2.45) is 10.9 Å². The molecule has 0 unspecified atom stereocenters. The molecular formula is C9H10N4. The van der Waals surface area contributed by atoms with Crippen molar-refractivity contribution in [3.63, 3.8) is 0 Å². The van der Waals surface area contributed by atoms with Crippen LogP contribution >= 0.6 is 0 Å². The molecule has 0 radical (unpaired) electrons. The normalized spacial score (nSPS) is 11.5. The van der Waals surface area contributed by atoms with Crippen LogP contribution in [-0.2, 0) is 0 Å². The molecule has 0 amide bonds. The summed E-state index contributed by atoms with van der Waals surface area (Å²) in [7, 11) is 0. The Labute approximate surface area is 75.4 Å². The number of hydrazone groups is 1. The Hall–Kier alpha value is -1.84. The van der Waals surface area contributed by atoms with E-state index < -0.39 is 0 Å². The van der Waals surface area contributed by atoms with Crippen molar-refractivity contribution in [2.75, 3.05) is 0 Å². The summed E-state index contributed by atoms with van der Waals surface area (Å²) >= 11 is 0. The van der Waals surface area contributed by atoms with Gasteiger partial charge < -0.3 is 5.84 Å². The number of rotatable bonds is 1. The van der Waals surface area contributed by atoms with E-state index in [0.29, 0.717) is 0 Å². The second kappa shape index (κ2) is 2.90. The second-order valence-corrected chi connectivity index (χ2v) is 2.90. The van der Waals surface area contributed by atoms with Crippen LogP contribution in [0.3, 0.4) is 0 Å². The number of hydrogen-bond acceptors (Lipinski definition) is 3. The molecule has 0 saturated carbocycles. The fraction of sp³-hybridized carbons (Fsp3) is 0.111. The molecule has 2 aromatic rings. The van der Waals surface area contributed by atoms with Gasteiger partial charge in [0.1, 0.15) is 0 Å². The van der Waals surface area contributed by atoms with Crippen molar-refractivity contribution in [1.82, 2.24) is 10.2 Å². The minimum atomic E-state index is 0.940. The summed E-state index contributed by atoms with van der Waals surface area (Å²) in [6, 6.07) is 5.90. The summed E-state index contributed by atoms with van der Waals surface area (Å²) < 4.78 is 0. The zero-order valence-electron chi connectivity index (χ0n) is 7.28. The highest BCUT2D eigenvalue weighted by Crippen LogP contribution is 2.15. The standard InChI is InChI=1S/C9H10N4/c1-6-8-3-2-7(5-11-10)4-9(8)13-12-6/h2-5H,10H2,1H3,(H,12,13). The van der Waals surface area contributed by atoms with E-state index in [1.165, 1.54) is 0 Å². The van der Waals surface area contributed by atoms with Crippen LogP contribution in [0.1, 0.15) is 11.3 Å². The SMILES string of the molecule is Cc1[nH]nc2cc(C=NN)ccc12. The van der Waals surface area contributed by atoms with Gasteiger partial charge in [0.05, 0.1) is 11.7 Å². The Morgan fingerprint density at radius 1 is 1.54 bits per heavy atom. The van der Waals surface area contributed by atoms with Gasteiger partial charge >= 0.3 is 0 Å². The van der Waals surface area contributed by atoms with Crippen LogP contribution in [-0.4, -0.2) is 16.4 Å². The highest BCUT2D eigenvalue weighted by molar-refractivity contribution is 5.89. The number of nitrogens with two attached hydrogens (primary N) is 1. The van der Waals surface area contributed by atoms with Crippen LogP contribution in [0.15, 0.2) is 23.3 Å². The molecule has 4 nitrogen and oxygen atoms in total. The Balaban J connectivity index is 2.63. The second-order valence-electron chi connectivity index (χ2n) is 2.90. The Kier molecular flexibility index (Phi) is 1.73. The molecule has 0 aliphatic heterocycles. The molecule has 1 aromatic heterocycles. The number of nitrogens with one attached hydrogen (secondary N) is 1. The summed E-state index contributed by atoms with van der Waals surface area (Å²) in [5, 5.41) is 11.6. The third-order valence-corrected chi connectivity index (χ3v) is 1.99. The summed E-state index contributed by atoms with van der Waals surface area (Å²) in [5.74, 6) is 5.05. The quantitative estimate of drug-likeness (QED) is 0.387. The molecule has 0 aliphatic rings. The van der Waals surface area contributed by atoms with Gasteiger partial charge in [-0.15, -0.1) is 0 Å². The number of aromatic nitrogens is 2. The monoisotopic (exact) mass is 174 g/mol. The molecule has 13 heavy (non-hydrogen) atoms. The highest BCUT2D eigenvalue weighted by Gasteiger charge is 2.00. The van der Waals surface area contributed by atoms with Crippen LogP contribution < -0.4 is 5.84 Å². The fourth-order valence-corrected chi connectivity index (χ4v) is 1.33. The average molecular weight is 174 g/mol. The number of nitrogens with zero attached hydrogens (tertiary/aromatic N) is 2. The summed E-state index contributed by atoms with van der Waals surface area (Å²) in [6.45, 7) is 1.99. The lowest BCUT2D eigenvalue weighted by molar-refractivity contribution is 1.07. The first-order valence-electron chi connectivity index (χ1n) is 3.99. The molecule has 0 atom stereocenters. The lowest BCUT2D eigenvalue weighted by Gasteiger charge is -1.91. The number of aryl methyl sites for hydroxylation is 1. The van der Waals surface area contributed by atoms with Gasteiger partial charge in [-0.3, -0.25) is 5.10 Å². The molecule has 1 heterocycles. The van der Waals surface area contributed by atoms with E-state index in [1.807, 2.05) is 25.1 Å². The number of hydrogen-bond donors (Lipinski definition) is 2. The van der Waals surface area contributed by atoms with Gasteiger partial charge in [0.15, 0.2) is 0 Å². The lowest BCUT2D eigenvalue weighted by atomic mass is 10.1. The van der Waals surface area contributed by atoms with E-state index >= 15 is 0 Å².